The predicted molar refractivity (Wildman–Crippen MR) is 115 cm³/mol. The van der Waals surface area contributed by atoms with Crippen molar-refractivity contribution >= 4 is 40.8 Å². The van der Waals surface area contributed by atoms with Crippen molar-refractivity contribution in [3.8, 4) is 0 Å². The van der Waals surface area contributed by atoms with E-state index in [4.69, 9.17) is 11.5 Å². The van der Waals surface area contributed by atoms with E-state index in [0.29, 0.717) is 41.8 Å². The van der Waals surface area contributed by atoms with Gasteiger partial charge in [-0.25, -0.2) is 9.97 Å². The quantitative estimate of drug-likeness (QED) is 0.468. The molecule has 0 saturated carbocycles. The van der Waals surface area contributed by atoms with Crippen LogP contribution in [-0.4, -0.2) is 45.2 Å². The molecule has 2 heterocycles. The Morgan fingerprint density at radius 2 is 1.93 bits per heavy atom. The van der Waals surface area contributed by atoms with Crippen LogP contribution in [0.5, 0.6) is 0 Å². The van der Waals surface area contributed by atoms with Crippen LogP contribution < -0.4 is 21.7 Å². The lowest BCUT2D eigenvalue weighted by Gasteiger charge is -2.19. The van der Waals surface area contributed by atoms with Crippen molar-refractivity contribution in [1.29, 1.82) is 0 Å². The molecule has 0 aliphatic rings. The highest BCUT2D eigenvalue weighted by Gasteiger charge is 2.12. The summed E-state index contributed by atoms with van der Waals surface area (Å²) in [5.41, 5.74) is 14.4. The predicted octanol–water partition coefficient (Wildman–Crippen LogP) is 1.32. The Balaban J connectivity index is 1.67. The van der Waals surface area contributed by atoms with Gasteiger partial charge in [0.1, 0.15) is 6.29 Å². The molecule has 0 aliphatic carbocycles. The van der Waals surface area contributed by atoms with Crippen LogP contribution in [0.4, 0.5) is 17.5 Å². The molecule has 0 bridgehead atoms. The van der Waals surface area contributed by atoms with Gasteiger partial charge in [0.15, 0.2) is 17.0 Å². The minimum absolute atomic E-state index is 0.0569. The summed E-state index contributed by atoms with van der Waals surface area (Å²) in [6.45, 7) is 2.35. The van der Waals surface area contributed by atoms with Gasteiger partial charge in [-0.1, -0.05) is 0 Å². The normalized spacial score (nSPS) is 11.8. The molecule has 5 N–H and O–H groups in total. The Labute approximate surface area is 173 Å². The fourth-order valence-corrected chi connectivity index (χ4v) is 2.96. The number of anilines is 3. The lowest BCUT2D eigenvalue weighted by Crippen LogP contribution is -2.32. The van der Waals surface area contributed by atoms with Crippen molar-refractivity contribution < 1.29 is 9.59 Å². The van der Waals surface area contributed by atoms with Crippen molar-refractivity contribution in [1.82, 2.24) is 25.3 Å². The van der Waals surface area contributed by atoms with E-state index in [0.717, 1.165) is 12.0 Å². The van der Waals surface area contributed by atoms with E-state index in [1.807, 2.05) is 31.0 Å². The molecule has 0 saturated heterocycles. The zero-order valence-corrected chi connectivity index (χ0v) is 16.9. The lowest BCUT2D eigenvalue weighted by molar-refractivity contribution is -0.108. The Hall–Kier alpha value is -3.82. The first-order valence-electron chi connectivity index (χ1n) is 9.47. The molecule has 30 heavy (non-hydrogen) atoms. The highest BCUT2D eigenvalue weighted by molar-refractivity contribution is 5.94. The number of fused-ring (bicyclic) bond motifs is 1. The Morgan fingerprint density at radius 1 is 1.20 bits per heavy atom. The first-order valence-corrected chi connectivity index (χ1v) is 9.47. The highest BCUT2D eigenvalue weighted by atomic mass is 16.1. The third kappa shape index (κ3) is 4.96. The van der Waals surface area contributed by atoms with Gasteiger partial charge in [-0.2, -0.15) is 9.97 Å². The smallest absolute Gasteiger partial charge is 0.251 e. The summed E-state index contributed by atoms with van der Waals surface area (Å²) in [5.74, 6) is 0.0754. The molecular weight excluding hydrogens is 384 g/mol. The standard InChI is InChI=1S/C20H24N8O2/c1-12(4-3-9-29)24-19(30)13-5-7-15(8-6-13)28(2)11-14-10-23-18-16(25-14)17(21)26-20(22)27-18/h5-10,12H,3-4,11H2,1-2H3,(H,24,30)(H4,21,22,23,26,27)/t12-/m1/s1. The van der Waals surface area contributed by atoms with Gasteiger partial charge in [-0.05, 0) is 37.6 Å². The van der Waals surface area contributed by atoms with Crippen LogP contribution >= 0.6 is 0 Å². The van der Waals surface area contributed by atoms with Gasteiger partial charge in [-0.3, -0.25) is 4.79 Å². The molecular formula is C20H24N8O2. The maximum Gasteiger partial charge on any atom is 0.251 e. The zero-order valence-electron chi connectivity index (χ0n) is 16.9. The third-order valence-corrected chi connectivity index (χ3v) is 4.57. The summed E-state index contributed by atoms with van der Waals surface area (Å²) in [5, 5.41) is 2.88. The molecule has 10 heteroatoms. The monoisotopic (exact) mass is 408 g/mol. The van der Waals surface area contributed by atoms with Crippen LogP contribution in [0.2, 0.25) is 0 Å². The van der Waals surface area contributed by atoms with Crippen LogP contribution in [0.3, 0.4) is 0 Å². The topological polar surface area (TPSA) is 153 Å². The minimum Gasteiger partial charge on any atom is -0.382 e. The number of amides is 1. The molecule has 0 aliphatic heterocycles. The fraction of sp³-hybridized carbons (Fsp3) is 0.300. The molecule has 0 fully saturated rings. The summed E-state index contributed by atoms with van der Waals surface area (Å²) in [4.78, 5) is 41.4. The molecule has 0 spiro atoms. The number of benzene rings is 1. The number of nitrogens with two attached hydrogens (primary N) is 2. The average molecular weight is 408 g/mol. The second kappa shape index (κ2) is 9.12. The third-order valence-electron chi connectivity index (χ3n) is 4.57. The Kier molecular flexibility index (Phi) is 6.35. The Bertz CT molecular complexity index is 1050. The van der Waals surface area contributed by atoms with Crippen LogP contribution in [0.25, 0.3) is 11.2 Å². The van der Waals surface area contributed by atoms with Gasteiger partial charge in [0.05, 0.1) is 18.4 Å². The van der Waals surface area contributed by atoms with Crippen molar-refractivity contribution in [2.45, 2.75) is 32.4 Å². The molecule has 1 amide bonds. The van der Waals surface area contributed by atoms with E-state index < -0.39 is 0 Å². The van der Waals surface area contributed by atoms with Crippen LogP contribution in [0.1, 0.15) is 35.8 Å². The van der Waals surface area contributed by atoms with E-state index in [1.54, 1.807) is 18.3 Å². The molecule has 2 aromatic heterocycles. The molecule has 10 nitrogen and oxygen atoms in total. The number of nitrogens with one attached hydrogen (secondary N) is 1. The lowest BCUT2D eigenvalue weighted by atomic mass is 10.1. The molecule has 0 radical (unpaired) electrons. The maximum atomic E-state index is 12.3. The first kappa shape index (κ1) is 20.9. The van der Waals surface area contributed by atoms with Crippen molar-refractivity contribution in [3.63, 3.8) is 0 Å². The summed E-state index contributed by atoms with van der Waals surface area (Å²) in [7, 11) is 1.91. The highest BCUT2D eigenvalue weighted by Crippen LogP contribution is 2.18. The summed E-state index contributed by atoms with van der Waals surface area (Å²) < 4.78 is 0. The molecule has 1 aromatic carbocycles. The number of nitrogens with zero attached hydrogens (tertiary/aromatic N) is 5. The van der Waals surface area contributed by atoms with Gasteiger partial charge < -0.3 is 26.5 Å². The first-order chi connectivity index (χ1) is 14.4. The number of hydrogen-bond donors (Lipinski definition) is 3. The minimum atomic E-state index is -0.169. The summed E-state index contributed by atoms with van der Waals surface area (Å²) in [6, 6.07) is 7.17. The number of nitrogen functional groups attached to an aromatic ring is 2. The van der Waals surface area contributed by atoms with Crippen LogP contribution in [0, 0.1) is 0 Å². The van der Waals surface area contributed by atoms with Gasteiger partial charge >= 0.3 is 0 Å². The van der Waals surface area contributed by atoms with Gasteiger partial charge in [0, 0.05) is 30.8 Å². The van der Waals surface area contributed by atoms with Gasteiger partial charge in [-0.15, -0.1) is 0 Å². The van der Waals surface area contributed by atoms with E-state index in [1.165, 1.54) is 0 Å². The van der Waals surface area contributed by atoms with Crippen LogP contribution in [0.15, 0.2) is 30.5 Å². The van der Waals surface area contributed by atoms with Crippen molar-refractivity contribution in [2.24, 2.45) is 0 Å². The van der Waals surface area contributed by atoms with Crippen molar-refractivity contribution in [2.75, 3.05) is 23.4 Å². The van der Waals surface area contributed by atoms with E-state index in [9.17, 15) is 9.59 Å². The Morgan fingerprint density at radius 3 is 2.63 bits per heavy atom. The molecule has 3 aromatic rings. The molecule has 1 atom stereocenters. The van der Waals surface area contributed by atoms with E-state index in [2.05, 4.69) is 25.3 Å². The van der Waals surface area contributed by atoms with Crippen molar-refractivity contribution in [3.05, 3.63) is 41.7 Å². The van der Waals surface area contributed by atoms with Gasteiger partial charge in [0.25, 0.3) is 5.91 Å². The largest absolute Gasteiger partial charge is 0.382 e. The second-order valence-corrected chi connectivity index (χ2v) is 7.02. The molecule has 3 rings (SSSR count). The second-order valence-electron chi connectivity index (χ2n) is 7.02. The number of rotatable bonds is 8. The van der Waals surface area contributed by atoms with Gasteiger partial charge in [0.2, 0.25) is 5.95 Å². The number of carbonyl (C=O) groups is 2. The average Bonchev–Trinajstić information content (AvgIpc) is 2.72. The number of hydrogen-bond acceptors (Lipinski definition) is 9. The number of aromatic nitrogens is 4. The molecule has 156 valence electrons. The number of carbonyl (C=O) groups excluding carboxylic acids is 2. The fourth-order valence-electron chi connectivity index (χ4n) is 2.96. The zero-order chi connectivity index (χ0) is 21.7. The maximum absolute atomic E-state index is 12.3. The van der Waals surface area contributed by atoms with E-state index >= 15 is 0 Å². The summed E-state index contributed by atoms with van der Waals surface area (Å²) >= 11 is 0. The SMILES string of the molecule is C[C@H](CCC=O)NC(=O)c1ccc(N(C)Cc2cnc3nc(N)nc(N)c3n2)cc1. The number of aldehydes is 1. The van der Waals surface area contributed by atoms with E-state index in [-0.39, 0.29) is 23.7 Å². The van der Waals surface area contributed by atoms with Crippen LogP contribution in [-0.2, 0) is 11.3 Å². The molecule has 0 unspecified atom stereocenters. The summed E-state index contributed by atoms with van der Waals surface area (Å²) in [6.07, 6.45) is 3.51.